The first kappa shape index (κ1) is 57.4. The highest BCUT2D eigenvalue weighted by Gasteiger charge is 2.35. The molecule has 3 heterocycles. The number of carboxylic acid groups (broad SMARTS) is 1. The summed E-state index contributed by atoms with van der Waals surface area (Å²) in [6.07, 6.45) is 13.8. The molecule has 0 saturated carbocycles. The minimum atomic E-state index is -1.43. The number of unbranched alkanes of at least 4 members (excludes halogenated alkanes) is 2. The van der Waals surface area contributed by atoms with Crippen LogP contribution >= 0.6 is 0 Å². The second kappa shape index (κ2) is 34.1. The molecule has 0 bridgehead atoms. The Labute approximate surface area is 343 Å². The molecule has 3 aliphatic rings. The van der Waals surface area contributed by atoms with Crippen LogP contribution in [0.1, 0.15) is 132 Å². The molecule has 10 N–H and O–H groups in total. The summed E-state index contributed by atoms with van der Waals surface area (Å²) >= 11 is 0. The van der Waals surface area contributed by atoms with Gasteiger partial charge in [-0.1, -0.05) is 74.1 Å². The average Bonchev–Trinajstić information content (AvgIpc) is 3.82. The highest BCUT2D eigenvalue weighted by Crippen LogP contribution is 2.25. The van der Waals surface area contributed by atoms with Crippen LogP contribution in [0.3, 0.4) is 0 Å². The third-order valence-electron chi connectivity index (χ3n) is 8.64. The smallest absolute Gasteiger partial charge is 0.368 e. The van der Waals surface area contributed by atoms with Crippen LogP contribution in [0.4, 0.5) is 0 Å². The number of nitrogens with two attached hydrogens (primary N) is 4. The highest BCUT2D eigenvalue weighted by atomic mass is 16.6. The number of likely N-dealkylation sites (tertiary alicyclic amines) is 1. The normalized spacial score (nSPS) is 17.8. The largest absolute Gasteiger partial charge is 0.476 e. The Kier molecular flexibility index (Phi) is 33.7. The number of primary amides is 3. The van der Waals surface area contributed by atoms with Gasteiger partial charge in [-0.15, -0.1) is 0 Å². The van der Waals surface area contributed by atoms with Crippen LogP contribution in [0.25, 0.3) is 0 Å². The van der Waals surface area contributed by atoms with E-state index in [0.29, 0.717) is 50.3 Å². The zero-order chi connectivity index (χ0) is 45.4. The Hall–Kier alpha value is -4.97. The van der Waals surface area contributed by atoms with Crippen molar-refractivity contribution in [1.29, 1.82) is 0 Å². The summed E-state index contributed by atoms with van der Waals surface area (Å²) in [5.41, 5.74) is 22.2. The van der Waals surface area contributed by atoms with Gasteiger partial charge in [0.15, 0.2) is 0 Å². The van der Waals surface area contributed by atoms with Gasteiger partial charge in [-0.25, -0.2) is 9.59 Å². The summed E-state index contributed by atoms with van der Waals surface area (Å²) in [6.45, 7) is 15.1. The fourth-order valence-electron chi connectivity index (χ4n) is 5.61. The van der Waals surface area contributed by atoms with Crippen molar-refractivity contribution in [2.24, 2.45) is 28.9 Å². The van der Waals surface area contributed by atoms with E-state index < -0.39 is 48.2 Å². The van der Waals surface area contributed by atoms with Gasteiger partial charge in [0.2, 0.25) is 42.1 Å². The Bertz CT molecular complexity index is 1350. The lowest BCUT2D eigenvalue weighted by molar-refractivity contribution is -0.151. The number of aldehydes is 2. The number of nitrogens with zero attached hydrogens (tertiary/aromatic N) is 2. The van der Waals surface area contributed by atoms with Gasteiger partial charge in [-0.3, -0.25) is 28.8 Å². The molecule has 332 valence electrons. The number of hydrogen-bond acceptors (Lipinski definition) is 12. The fourth-order valence-corrected chi connectivity index (χ4v) is 5.61. The van der Waals surface area contributed by atoms with E-state index >= 15 is 0 Å². The van der Waals surface area contributed by atoms with Crippen molar-refractivity contribution in [3.63, 3.8) is 0 Å². The molecule has 0 aromatic heterocycles. The minimum absolute atomic E-state index is 0.0795. The number of aliphatic hydroxyl groups excluding tert-OH is 1. The van der Waals surface area contributed by atoms with E-state index in [1.807, 2.05) is 27.7 Å². The molecule has 0 aliphatic carbocycles. The highest BCUT2D eigenvalue weighted by molar-refractivity contribution is 6.19. The van der Waals surface area contributed by atoms with Gasteiger partial charge in [0, 0.05) is 43.7 Å². The number of esters is 1. The maximum Gasteiger partial charge on any atom is 0.368 e. The summed E-state index contributed by atoms with van der Waals surface area (Å²) in [5, 5.41) is 16.3. The molecule has 5 atom stereocenters. The van der Waals surface area contributed by atoms with Gasteiger partial charge in [-0.05, 0) is 56.4 Å². The van der Waals surface area contributed by atoms with Gasteiger partial charge >= 0.3 is 11.9 Å². The second-order valence-corrected chi connectivity index (χ2v) is 13.5. The summed E-state index contributed by atoms with van der Waals surface area (Å²) in [5.74, 6) is -2.68. The van der Waals surface area contributed by atoms with Crippen LogP contribution in [0, 0.1) is 5.92 Å². The summed E-state index contributed by atoms with van der Waals surface area (Å²) in [4.78, 5) is 96.8. The van der Waals surface area contributed by atoms with Crippen molar-refractivity contribution in [3.8, 4) is 0 Å². The van der Waals surface area contributed by atoms with E-state index in [1.165, 1.54) is 6.08 Å². The molecule has 0 radical (unpaired) electrons. The summed E-state index contributed by atoms with van der Waals surface area (Å²) in [6, 6.07) is -1.32. The number of aliphatic carboxylic acids is 1. The van der Waals surface area contributed by atoms with Crippen LogP contribution in [-0.4, -0.2) is 112 Å². The number of carbonyl (C=O) groups excluding carboxylic acids is 8. The molecule has 58 heavy (non-hydrogen) atoms. The Morgan fingerprint density at radius 1 is 0.810 bits per heavy atom. The quantitative estimate of drug-likeness (QED) is 0.0500. The first-order chi connectivity index (χ1) is 27.3. The van der Waals surface area contributed by atoms with Gasteiger partial charge in [0.05, 0.1) is 6.04 Å². The maximum absolute atomic E-state index is 11.7. The van der Waals surface area contributed by atoms with Gasteiger partial charge < -0.3 is 52.5 Å². The molecule has 1 unspecified atom stereocenters. The summed E-state index contributed by atoms with van der Waals surface area (Å²) in [7, 11) is 0. The predicted molar refractivity (Wildman–Crippen MR) is 218 cm³/mol. The van der Waals surface area contributed by atoms with E-state index in [2.05, 4.69) is 25.5 Å². The van der Waals surface area contributed by atoms with Gasteiger partial charge in [0.25, 0.3) is 0 Å². The molecule has 18 heteroatoms. The lowest BCUT2D eigenvalue weighted by atomic mass is 10.0. The number of amides is 5. The van der Waals surface area contributed by atoms with Crippen LogP contribution in [0.5, 0.6) is 0 Å². The monoisotopic (exact) mass is 827 g/mol. The molecule has 3 rings (SSSR count). The standard InChI is InChI=1S/C11H20N2O2.C11H18N2O2.C7H10O3.C5H10O.C4H10N2O.C2H2O3/c2*1-3-5-8-6-10(14)13(7-8)9(4-2)11(12)15;1-2-3-5-4-6(8)10-7(5)9;1-2-3-4-5-6;1-2-3(5)4(6)7;3-1-2(4)5/h8-9H,3-7H2,1-2H3,(H2,12,15);6,9H,3-5,7H2,1-2H3,(H2,12,15);4,7,9H,2-3H2,1H3;5H,2-4H2,1H3;3H,2,5H2,1H3,(H2,6,7);1H,(H,4,5)/t8-,9+;9-;;;3-;/m10..0./s1. The zero-order valence-corrected chi connectivity index (χ0v) is 35.5. The predicted octanol–water partition coefficient (Wildman–Crippen LogP) is 2.16. The first-order valence-electron chi connectivity index (χ1n) is 19.9. The SMILES string of the molecule is CCCC1=CC(=O)N([C@@H](CC)C(N)=O)C1.CCCC1=CC(=O)OC1O.CCCCC=O.CCC[C@@H]1CC(=O)N([C@@H](CC)C(N)=O)C1.CC[C@H](N)C(N)=O.O=CC(=O)O. The Morgan fingerprint density at radius 3 is 1.67 bits per heavy atom. The van der Waals surface area contributed by atoms with Crippen molar-refractivity contribution < 1.29 is 58.1 Å². The Morgan fingerprint density at radius 2 is 1.34 bits per heavy atom. The third kappa shape index (κ3) is 25.3. The molecule has 0 aromatic carbocycles. The molecule has 18 nitrogen and oxygen atoms in total. The number of carbonyl (C=O) groups is 9. The number of cyclic esters (lactones) is 1. The van der Waals surface area contributed by atoms with E-state index in [-0.39, 0.29) is 24.0 Å². The molecular weight excluding hydrogens is 756 g/mol. The molecule has 0 spiro atoms. The van der Waals surface area contributed by atoms with E-state index in [1.54, 1.807) is 15.9 Å². The van der Waals surface area contributed by atoms with Gasteiger partial charge in [-0.2, -0.15) is 0 Å². The number of hydrogen-bond donors (Lipinski definition) is 6. The summed E-state index contributed by atoms with van der Waals surface area (Å²) < 4.78 is 4.45. The Balaban J connectivity index is -0.000000657. The molecule has 1 saturated heterocycles. The topological polar surface area (TPSA) is 314 Å². The van der Waals surface area contributed by atoms with E-state index in [9.17, 15) is 33.6 Å². The van der Waals surface area contributed by atoms with E-state index in [4.69, 9.17) is 42.7 Å². The van der Waals surface area contributed by atoms with Crippen LogP contribution < -0.4 is 22.9 Å². The number of aliphatic hydroxyl groups is 1. The minimum Gasteiger partial charge on any atom is -0.476 e. The van der Waals surface area contributed by atoms with Crippen LogP contribution in [0.15, 0.2) is 23.3 Å². The van der Waals surface area contributed by atoms with Crippen molar-refractivity contribution in [2.45, 2.75) is 156 Å². The molecule has 5 amide bonds. The van der Waals surface area contributed by atoms with Gasteiger partial charge in [0.1, 0.15) is 18.4 Å². The molecule has 3 aliphatic heterocycles. The van der Waals surface area contributed by atoms with Crippen molar-refractivity contribution >= 4 is 54.0 Å². The molecular formula is C40H70N6O12. The number of carboxylic acids is 1. The van der Waals surface area contributed by atoms with Crippen LogP contribution in [0.2, 0.25) is 0 Å². The fraction of sp³-hybridized carbons (Fsp3) is 0.675. The third-order valence-corrected chi connectivity index (χ3v) is 8.64. The lowest BCUT2D eigenvalue weighted by Gasteiger charge is -2.24. The second-order valence-electron chi connectivity index (χ2n) is 13.5. The van der Waals surface area contributed by atoms with Crippen molar-refractivity contribution in [2.75, 3.05) is 13.1 Å². The van der Waals surface area contributed by atoms with Crippen LogP contribution in [-0.2, 0) is 47.9 Å². The number of rotatable bonds is 18. The van der Waals surface area contributed by atoms with E-state index in [0.717, 1.165) is 69.6 Å². The van der Waals surface area contributed by atoms with Crippen molar-refractivity contribution in [3.05, 3.63) is 23.3 Å². The average molecular weight is 827 g/mol. The number of ether oxygens (including phenoxy) is 1. The molecule has 0 aromatic rings. The first-order valence-corrected chi connectivity index (χ1v) is 19.9. The molecule has 1 fully saturated rings. The maximum atomic E-state index is 11.7. The lowest BCUT2D eigenvalue weighted by Crippen LogP contribution is -2.45. The van der Waals surface area contributed by atoms with Crippen molar-refractivity contribution in [1.82, 2.24) is 9.80 Å². The zero-order valence-electron chi connectivity index (χ0n) is 35.5.